The van der Waals surface area contributed by atoms with Gasteiger partial charge < -0.3 is 0 Å². The Labute approximate surface area is 181 Å². The molecule has 0 saturated heterocycles. The third-order valence-corrected chi connectivity index (χ3v) is 7.88. The van der Waals surface area contributed by atoms with E-state index in [9.17, 15) is 13.2 Å². The van der Waals surface area contributed by atoms with Crippen molar-refractivity contribution in [3.8, 4) is 0 Å². The van der Waals surface area contributed by atoms with Crippen molar-refractivity contribution in [2.75, 3.05) is 0 Å². The summed E-state index contributed by atoms with van der Waals surface area (Å²) in [6, 6.07) is 2.18. The number of unbranched alkanes of at least 4 members (excludes halogenated alkanes) is 1. The van der Waals surface area contributed by atoms with E-state index in [-0.39, 0.29) is 0 Å². The molecule has 1 aromatic rings. The molecule has 168 valence electrons. The van der Waals surface area contributed by atoms with Crippen LogP contribution in [0.4, 0.5) is 13.2 Å². The summed E-state index contributed by atoms with van der Waals surface area (Å²) in [6.45, 7) is 4.14. The Morgan fingerprint density at radius 2 is 1.33 bits per heavy atom. The van der Waals surface area contributed by atoms with Gasteiger partial charge >= 0.3 is 0 Å². The molecule has 0 aromatic heterocycles. The van der Waals surface area contributed by atoms with Gasteiger partial charge in [-0.05, 0) is 92.4 Å². The summed E-state index contributed by atoms with van der Waals surface area (Å²) < 4.78 is 40.0. The zero-order valence-electron chi connectivity index (χ0n) is 18.9. The van der Waals surface area contributed by atoms with Crippen LogP contribution >= 0.6 is 0 Å². The zero-order chi connectivity index (χ0) is 21.5. The molecule has 2 fully saturated rings. The van der Waals surface area contributed by atoms with Gasteiger partial charge in [-0.2, -0.15) is 0 Å². The Hall–Kier alpha value is -1.25. The molecule has 2 aliphatic rings. The van der Waals surface area contributed by atoms with Crippen LogP contribution in [0.5, 0.6) is 0 Å². The van der Waals surface area contributed by atoms with E-state index < -0.39 is 17.5 Å². The SMILES string of the molecule is CCCCC1CCC(C2CCC(CC/C=C(\C)c3cc(F)c(F)c(F)c3)CC2)CC1. The summed E-state index contributed by atoms with van der Waals surface area (Å²) >= 11 is 0. The van der Waals surface area contributed by atoms with Crippen LogP contribution in [0.2, 0.25) is 0 Å². The molecule has 0 radical (unpaired) electrons. The molecular weight excluding hydrogens is 381 g/mol. The molecule has 0 unspecified atom stereocenters. The van der Waals surface area contributed by atoms with Gasteiger partial charge in [-0.15, -0.1) is 0 Å². The van der Waals surface area contributed by atoms with Crippen LogP contribution in [-0.4, -0.2) is 0 Å². The monoisotopic (exact) mass is 420 g/mol. The van der Waals surface area contributed by atoms with Gasteiger partial charge in [0.05, 0.1) is 0 Å². The van der Waals surface area contributed by atoms with Crippen molar-refractivity contribution in [3.05, 3.63) is 41.2 Å². The molecule has 0 nitrogen and oxygen atoms in total. The predicted octanol–water partition coefficient (Wildman–Crippen LogP) is 9.09. The molecule has 0 bridgehead atoms. The van der Waals surface area contributed by atoms with Crippen molar-refractivity contribution in [2.45, 2.75) is 97.3 Å². The van der Waals surface area contributed by atoms with Crippen molar-refractivity contribution in [3.63, 3.8) is 0 Å². The third-order valence-electron chi connectivity index (χ3n) is 7.88. The normalized spacial score (nSPS) is 28.0. The van der Waals surface area contributed by atoms with Gasteiger partial charge in [0.1, 0.15) is 0 Å². The molecule has 0 atom stereocenters. The van der Waals surface area contributed by atoms with Gasteiger partial charge in [-0.1, -0.05) is 57.9 Å². The minimum atomic E-state index is -1.39. The van der Waals surface area contributed by atoms with E-state index in [1.165, 1.54) is 70.6 Å². The van der Waals surface area contributed by atoms with Crippen molar-refractivity contribution in [1.82, 2.24) is 0 Å². The van der Waals surface area contributed by atoms with Crippen molar-refractivity contribution >= 4 is 5.57 Å². The maximum absolute atomic E-state index is 13.4. The molecule has 0 N–H and O–H groups in total. The van der Waals surface area contributed by atoms with E-state index in [1.54, 1.807) is 0 Å². The summed E-state index contributed by atoms with van der Waals surface area (Å²) in [5.41, 5.74) is 1.26. The van der Waals surface area contributed by atoms with Crippen LogP contribution in [-0.2, 0) is 0 Å². The molecule has 0 spiro atoms. The standard InChI is InChI=1S/C27H39F3/c1-3-4-7-20-9-13-22(14-10-20)23-15-11-21(12-16-23)8-5-6-19(2)24-17-25(28)27(30)26(29)18-24/h6,17-18,20-23H,3-5,7-16H2,1-2H3/b19-6+. The summed E-state index contributed by atoms with van der Waals surface area (Å²) in [7, 11) is 0. The molecule has 3 heteroatoms. The Bertz CT molecular complexity index is 669. The second-order valence-corrected chi connectivity index (χ2v) is 9.92. The highest BCUT2D eigenvalue weighted by Crippen LogP contribution is 2.43. The fourth-order valence-corrected chi connectivity index (χ4v) is 5.83. The largest absolute Gasteiger partial charge is 0.204 e. The summed E-state index contributed by atoms with van der Waals surface area (Å²) in [6.07, 6.45) is 19.5. The minimum Gasteiger partial charge on any atom is -0.204 e. The van der Waals surface area contributed by atoms with Crippen molar-refractivity contribution in [2.24, 2.45) is 23.7 Å². The van der Waals surface area contributed by atoms with E-state index in [1.807, 2.05) is 6.92 Å². The van der Waals surface area contributed by atoms with Gasteiger partial charge in [0, 0.05) is 0 Å². The predicted molar refractivity (Wildman–Crippen MR) is 120 cm³/mol. The number of benzene rings is 1. The smallest absolute Gasteiger partial charge is 0.194 e. The maximum atomic E-state index is 13.4. The average molecular weight is 421 g/mol. The van der Waals surface area contributed by atoms with Crippen LogP contribution in [0.1, 0.15) is 103 Å². The first-order chi connectivity index (χ1) is 14.5. The highest BCUT2D eigenvalue weighted by atomic mass is 19.2. The van der Waals surface area contributed by atoms with E-state index in [0.29, 0.717) is 5.56 Å². The van der Waals surface area contributed by atoms with Gasteiger partial charge in [0.25, 0.3) is 0 Å². The topological polar surface area (TPSA) is 0 Å². The number of hydrogen-bond acceptors (Lipinski definition) is 0. The fraction of sp³-hybridized carbons (Fsp3) is 0.704. The fourth-order valence-electron chi connectivity index (χ4n) is 5.83. The third kappa shape index (κ3) is 6.37. The van der Waals surface area contributed by atoms with Crippen LogP contribution in [0.3, 0.4) is 0 Å². The second kappa shape index (κ2) is 11.4. The van der Waals surface area contributed by atoms with Crippen molar-refractivity contribution < 1.29 is 13.2 Å². The summed E-state index contributed by atoms with van der Waals surface area (Å²) in [4.78, 5) is 0. The van der Waals surface area contributed by atoms with Crippen LogP contribution in [0.25, 0.3) is 5.57 Å². The lowest BCUT2D eigenvalue weighted by Crippen LogP contribution is -2.25. The van der Waals surface area contributed by atoms with E-state index >= 15 is 0 Å². The van der Waals surface area contributed by atoms with Crippen LogP contribution in [0, 0.1) is 41.1 Å². The Morgan fingerprint density at radius 3 is 1.83 bits per heavy atom. The van der Waals surface area contributed by atoms with E-state index in [0.717, 1.165) is 54.2 Å². The average Bonchev–Trinajstić information content (AvgIpc) is 2.76. The lowest BCUT2D eigenvalue weighted by molar-refractivity contribution is 0.141. The summed E-state index contributed by atoms with van der Waals surface area (Å²) in [5.74, 6) is 0.0530. The van der Waals surface area contributed by atoms with E-state index in [2.05, 4.69) is 13.0 Å². The maximum Gasteiger partial charge on any atom is 0.194 e. The highest BCUT2D eigenvalue weighted by Gasteiger charge is 2.30. The number of allylic oxidation sites excluding steroid dienone is 2. The molecule has 0 amide bonds. The summed E-state index contributed by atoms with van der Waals surface area (Å²) in [5, 5.41) is 0. The molecular formula is C27H39F3. The first-order valence-electron chi connectivity index (χ1n) is 12.3. The highest BCUT2D eigenvalue weighted by molar-refractivity contribution is 5.63. The first kappa shape index (κ1) is 23.4. The Balaban J connectivity index is 1.38. The Kier molecular flexibility index (Phi) is 8.89. The molecule has 30 heavy (non-hydrogen) atoms. The molecule has 3 rings (SSSR count). The molecule has 2 aliphatic carbocycles. The van der Waals surface area contributed by atoms with Gasteiger partial charge in [0.2, 0.25) is 0 Å². The molecule has 0 heterocycles. The first-order valence-corrected chi connectivity index (χ1v) is 12.3. The zero-order valence-corrected chi connectivity index (χ0v) is 18.9. The van der Waals surface area contributed by atoms with Gasteiger partial charge in [0.15, 0.2) is 17.5 Å². The van der Waals surface area contributed by atoms with Gasteiger partial charge in [-0.3, -0.25) is 0 Å². The second-order valence-electron chi connectivity index (χ2n) is 9.92. The van der Waals surface area contributed by atoms with E-state index in [4.69, 9.17) is 0 Å². The molecule has 1 aromatic carbocycles. The lowest BCUT2D eigenvalue weighted by Gasteiger charge is -2.38. The number of halogens is 3. The van der Waals surface area contributed by atoms with Crippen molar-refractivity contribution in [1.29, 1.82) is 0 Å². The number of rotatable bonds is 8. The minimum absolute atomic E-state index is 0.435. The van der Waals surface area contributed by atoms with Gasteiger partial charge in [-0.25, -0.2) is 13.2 Å². The van der Waals surface area contributed by atoms with Crippen LogP contribution in [0.15, 0.2) is 18.2 Å². The quantitative estimate of drug-likeness (QED) is 0.368. The number of hydrogen-bond donors (Lipinski definition) is 0. The molecule has 0 aliphatic heterocycles. The molecule has 2 saturated carbocycles. The Morgan fingerprint density at radius 1 is 0.833 bits per heavy atom. The lowest BCUT2D eigenvalue weighted by atomic mass is 9.68. The van der Waals surface area contributed by atoms with Crippen LogP contribution < -0.4 is 0 Å².